The maximum absolute atomic E-state index is 10.8. The van der Waals surface area contributed by atoms with Crippen LogP contribution in [0.5, 0.6) is 5.75 Å². The van der Waals surface area contributed by atoms with E-state index >= 15 is 0 Å². The molecule has 0 fully saturated rings. The SMILES string of the molecule is C[C@H](C=CC=CC(=O)NO)Oc1ccc(-c2ccccc2)cc1. The van der Waals surface area contributed by atoms with Crippen LogP contribution >= 0.6 is 0 Å². The molecule has 0 saturated carbocycles. The topological polar surface area (TPSA) is 58.6 Å². The van der Waals surface area contributed by atoms with Gasteiger partial charge in [0, 0.05) is 6.08 Å². The normalized spacial score (nSPS) is 12.4. The molecule has 0 saturated heterocycles. The van der Waals surface area contributed by atoms with E-state index in [0.717, 1.165) is 11.3 Å². The minimum atomic E-state index is -0.570. The second-order valence-corrected chi connectivity index (χ2v) is 4.93. The number of carbonyl (C=O) groups is 1. The predicted molar refractivity (Wildman–Crippen MR) is 90.2 cm³/mol. The number of ether oxygens (including phenoxy) is 1. The maximum atomic E-state index is 10.8. The molecule has 0 aliphatic rings. The number of hydrogen-bond donors (Lipinski definition) is 2. The lowest BCUT2D eigenvalue weighted by Crippen LogP contribution is -2.14. The Labute approximate surface area is 135 Å². The molecule has 2 rings (SSSR count). The van der Waals surface area contributed by atoms with Crippen molar-refractivity contribution in [1.82, 2.24) is 5.48 Å². The third-order valence-electron chi connectivity index (χ3n) is 3.13. The summed E-state index contributed by atoms with van der Waals surface area (Å²) in [6.45, 7) is 1.90. The van der Waals surface area contributed by atoms with Gasteiger partial charge in [-0.1, -0.05) is 54.6 Å². The van der Waals surface area contributed by atoms with Crippen LogP contribution in [0.2, 0.25) is 0 Å². The summed E-state index contributed by atoms with van der Waals surface area (Å²) in [5.41, 5.74) is 3.82. The third kappa shape index (κ3) is 5.45. The fourth-order valence-electron chi connectivity index (χ4n) is 2.01. The van der Waals surface area contributed by atoms with Crippen LogP contribution in [0.4, 0.5) is 0 Å². The Hall–Kier alpha value is -2.85. The highest BCUT2D eigenvalue weighted by Gasteiger charge is 2.01. The zero-order chi connectivity index (χ0) is 16.5. The van der Waals surface area contributed by atoms with Crippen LogP contribution in [0.3, 0.4) is 0 Å². The van der Waals surface area contributed by atoms with E-state index in [-0.39, 0.29) is 6.10 Å². The van der Waals surface area contributed by atoms with E-state index in [1.165, 1.54) is 23.2 Å². The Bertz CT molecular complexity index is 676. The van der Waals surface area contributed by atoms with Crippen molar-refractivity contribution in [1.29, 1.82) is 0 Å². The fraction of sp³-hybridized carbons (Fsp3) is 0.105. The van der Waals surface area contributed by atoms with Gasteiger partial charge in [0.1, 0.15) is 11.9 Å². The molecule has 0 aromatic heterocycles. The minimum absolute atomic E-state index is 0.139. The first-order valence-corrected chi connectivity index (χ1v) is 7.30. The highest BCUT2D eigenvalue weighted by molar-refractivity contribution is 5.86. The van der Waals surface area contributed by atoms with E-state index < -0.39 is 5.91 Å². The summed E-state index contributed by atoms with van der Waals surface area (Å²) >= 11 is 0. The summed E-state index contributed by atoms with van der Waals surface area (Å²) < 4.78 is 5.77. The van der Waals surface area contributed by atoms with E-state index in [0.29, 0.717) is 0 Å². The minimum Gasteiger partial charge on any atom is -0.487 e. The molecule has 1 amide bonds. The first-order valence-electron chi connectivity index (χ1n) is 7.30. The molecule has 118 valence electrons. The first-order chi connectivity index (χ1) is 11.2. The Kier molecular flexibility index (Phi) is 6.15. The van der Waals surface area contributed by atoms with Crippen molar-refractivity contribution in [3.8, 4) is 16.9 Å². The summed E-state index contributed by atoms with van der Waals surface area (Å²) in [6.07, 6.45) is 6.12. The number of rotatable bonds is 6. The molecule has 0 heterocycles. The summed E-state index contributed by atoms with van der Waals surface area (Å²) in [4.78, 5) is 10.8. The van der Waals surface area contributed by atoms with Gasteiger partial charge in [-0.05, 0) is 36.3 Å². The highest BCUT2D eigenvalue weighted by atomic mass is 16.5. The van der Waals surface area contributed by atoms with Crippen molar-refractivity contribution in [2.45, 2.75) is 13.0 Å². The Morgan fingerprint density at radius 1 is 1.04 bits per heavy atom. The van der Waals surface area contributed by atoms with E-state index in [4.69, 9.17) is 9.94 Å². The van der Waals surface area contributed by atoms with Crippen LogP contribution in [0, 0.1) is 0 Å². The lowest BCUT2D eigenvalue weighted by molar-refractivity contribution is -0.124. The molecule has 0 aliphatic heterocycles. The van der Waals surface area contributed by atoms with Crippen LogP contribution in [0.1, 0.15) is 6.92 Å². The quantitative estimate of drug-likeness (QED) is 0.370. The van der Waals surface area contributed by atoms with Crippen molar-refractivity contribution >= 4 is 5.91 Å². The largest absolute Gasteiger partial charge is 0.487 e. The monoisotopic (exact) mass is 309 g/mol. The number of nitrogens with one attached hydrogen (secondary N) is 1. The number of carbonyl (C=O) groups excluding carboxylic acids is 1. The number of allylic oxidation sites excluding steroid dienone is 2. The van der Waals surface area contributed by atoms with Gasteiger partial charge in [0.2, 0.25) is 0 Å². The third-order valence-corrected chi connectivity index (χ3v) is 3.13. The second kappa shape index (κ2) is 8.56. The average Bonchev–Trinajstić information content (AvgIpc) is 2.60. The van der Waals surface area contributed by atoms with Crippen molar-refractivity contribution < 1.29 is 14.7 Å². The fourth-order valence-corrected chi connectivity index (χ4v) is 2.01. The van der Waals surface area contributed by atoms with Crippen molar-refractivity contribution in [2.24, 2.45) is 0 Å². The van der Waals surface area contributed by atoms with Crippen LogP contribution in [0.25, 0.3) is 11.1 Å². The molecule has 4 nitrogen and oxygen atoms in total. The summed E-state index contributed by atoms with van der Waals surface area (Å²) in [5.74, 6) is 0.207. The first kappa shape index (κ1) is 16.5. The van der Waals surface area contributed by atoms with Crippen LogP contribution < -0.4 is 10.2 Å². The number of hydroxylamine groups is 1. The smallest absolute Gasteiger partial charge is 0.267 e. The van der Waals surface area contributed by atoms with Crippen LogP contribution in [-0.4, -0.2) is 17.2 Å². The molecule has 0 bridgehead atoms. The predicted octanol–water partition coefficient (Wildman–Crippen LogP) is 3.74. The Balaban J connectivity index is 1.92. The lowest BCUT2D eigenvalue weighted by atomic mass is 10.1. The molecule has 2 N–H and O–H groups in total. The molecule has 0 unspecified atom stereocenters. The van der Waals surface area contributed by atoms with Gasteiger partial charge >= 0.3 is 0 Å². The van der Waals surface area contributed by atoms with Crippen molar-refractivity contribution in [2.75, 3.05) is 0 Å². The van der Waals surface area contributed by atoms with Crippen molar-refractivity contribution in [3.63, 3.8) is 0 Å². The van der Waals surface area contributed by atoms with Gasteiger partial charge in [-0.15, -0.1) is 0 Å². The zero-order valence-electron chi connectivity index (χ0n) is 12.8. The van der Waals surface area contributed by atoms with Gasteiger partial charge in [-0.25, -0.2) is 5.48 Å². The number of hydrogen-bond acceptors (Lipinski definition) is 3. The van der Waals surface area contributed by atoms with E-state index in [1.54, 1.807) is 6.08 Å². The second-order valence-electron chi connectivity index (χ2n) is 4.93. The van der Waals surface area contributed by atoms with Crippen LogP contribution in [-0.2, 0) is 4.79 Å². The molecule has 0 aliphatic carbocycles. The average molecular weight is 309 g/mol. The van der Waals surface area contributed by atoms with Crippen LogP contribution in [0.15, 0.2) is 78.9 Å². The molecule has 4 heteroatoms. The Morgan fingerprint density at radius 3 is 2.35 bits per heavy atom. The van der Waals surface area contributed by atoms with Crippen molar-refractivity contribution in [3.05, 3.63) is 78.9 Å². The summed E-state index contributed by atoms with van der Waals surface area (Å²) in [7, 11) is 0. The van der Waals surface area contributed by atoms with E-state index in [1.807, 2.05) is 55.5 Å². The van der Waals surface area contributed by atoms with E-state index in [9.17, 15) is 4.79 Å². The zero-order valence-corrected chi connectivity index (χ0v) is 12.8. The van der Waals surface area contributed by atoms with Gasteiger partial charge < -0.3 is 4.74 Å². The highest BCUT2D eigenvalue weighted by Crippen LogP contribution is 2.22. The van der Waals surface area contributed by atoms with Gasteiger partial charge in [0.05, 0.1) is 0 Å². The number of benzene rings is 2. The molecule has 2 aromatic rings. The van der Waals surface area contributed by atoms with Gasteiger partial charge in [0.25, 0.3) is 5.91 Å². The summed E-state index contributed by atoms with van der Waals surface area (Å²) in [6, 6.07) is 18.1. The van der Waals surface area contributed by atoms with E-state index in [2.05, 4.69) is 12.1 Å². The molecule has 23 heavy (non-hydrogen) atoms. The Morgan fingerprint density at radius 2 is 1.70 bits per heavy atom. The molecule has 2 aromatic carbocycles. The molecule has 0 spiro atoms. The van der Waals surface area contributed by atoms with Gasteiger partial charge in [-0.2, -0.15) is 0 Å². The summed E-state index contributed by atoms with van der Waals surface area (Å²) in [5, 5.41) is 8.34. The number of amides is 1. The molecule has 1 atom stereocenters. The lowest BCUT2D eigenvalue weighted by Gasteiger charge is -2.11. The van der Waals surface area contributed by atoms with Gasteiger partial charge in [0.15, 0.2) is 0 Å². The molecule has 0 radical (unpaired) electrons. The molecular formula is C19H19NO3. The van der Waals surface area contributed by atoms with Gasteiger partial charge in [-0.3, -0.25) is 10.0 Å². The maximum Gasteiger partial charge on any atom is 0.267 e. The standard InChI is InChI=1S/C19H19NO3/c1-15(7-5-6-10-19(21)20-22)23-18-13-11-17(12-14-18)16-8-3-2-4-9-16/h2-15,22H,1H3,(H,20,21)/t15-/m1/s1. The molecular weight excluding hydrogens is 290 g/mol.